The van der Waals surface area contributed by atoms with Gasteiger partial charge in [0.2, 0.25) is 15.9 Å². The minimum absolute atomic E-state index is 0.0236. The van der Waals surface area contributed by atoms with E-state index >= 15 is 0 Å². The van der Waals surface area contributed by atoms with Crippen LogP contribution in [0, 0.1) is 0 Å². The molecule has 0 spiro atoms. The van der Waals surface area contributed by atoms with Crippen molar-refractivity contribution in [1.82, 2.24) is 9.62 Å². The van der Waals surface area contributed by atoms with Gasteiger partial charge in [-0.05, 0) is 53.4 Å². The van der Waals surface area contributed by atoms with Crippen LogP contribution in [0.25, 0.3) is 10.8 Å². The number of ether oxygens (including phenoxy) is 1. The van der Waals surface area contributed by atoms with Crippen LogP contribution in [0.2, 0.25) is 0 Å². The molecule has 0 bridgehead atoms. The van der Waals surface area contributed by atoms with Gasteiger partial charge in [0.25, 0.3) is 0 Å². The maximum absolute atomic E-state index is 12.8. The van der Waals surface area contributed by atoms with Gasteiger partial charge in [-0.3, -0.25) is 4.79 Å². The molecule has 162 valence electrons. The fourth-order valence-electron chi connectivity index (χ4n) is 4.09. The Kier molecular flexibility index (Phi) is 6.25. The largest absolute Gasteiger partial charge is 0.497 e. The van der Waals surface area contributed by atoms with Gasteiger partial charge in [0.1, 0.15) is 5.75 Å². The van der Waals surface area contributed by atoms with Crippen LogP contribution >= 0.6 is 0 Å². The van der Waals surface area contributed by atoms with Gasteiger partial charge in [-0.15, -0.1) is 0 Å². The zero-order valence-electron chi connectivity index (χ0n) is 17.5. The van der Waals surface area contributed by atoms with E-state index in [-0.39, 0.29) is 29.8 Å². The Bertz CT molecular complexity index is 1180. The van der Waals surface area contributed by atoms with Gasteiger partial charge in [0.15, 0.2) is 0 Å². The first kappa shape index (κ1) is 21.3. The van der Waals surface area contributed by atoms with E-state index in [0.29, 0.717) is 6.54 Å². The molecule has 4 rings (SSSR count). The summed E-state index contributed by atoms with van der Waals surface area (Å²) in [4.78, 5) is 14.9. The van der Waals surface area contributed by atoms with E-state index in [2.05, 4.69) is 4.72 Å². The zero-order valence-corrected chi connectivity index (χ0v) is 18.3. The van der Waals surface area contributed by atoms with Crippen molar-refractivity contribution in [2.45, 2.75) is 30.2 Å². The monoisotopic (exact) mass is 438 g/mol. The van der Waals surface area contributed by atoms with Crippen LogP contribution in [0.15, 0.2) is 71.6 Å². The minimum atomic E-state index is -3.68. The van der Waals surface area contributed by atoms with E-state index in [1.165, 1.54) is 0 Å². The predicted molar refractivity (Wildman–Crippen MR) is 120 cm³/mol. The number of sulfonamides is 1. The standard InChI is InChI=1S/C24H26N2O4S/c1-30-21-11-8-19(9-12-21)23-7-4-16-26(23)24(27)14-15-25-31(28,29)22-13-10-18-5-2-3-6-20(18)17-22/h2-3,5-6,8-13,17,23,25H,4,7,14-16H2,1H3. The van der Waals surface area contributed by atoms with Crippen LogP contribution in [0.1, 0.15) is 30.9 Å². The first-order chi connectivity index (χ1) is 15.0. The highest BCUT2D eigenvalue weighted by Gasteiger charge is 2.29. The highest BCUT2D eigenvalue weighted by molar-refractivity contribution is 7.89. The summed E-state index contributed by atoms with van der Waals surface area (Å²) in [6.45, 7) is 0.757. The Morgan fingerprint density at radius 2 is 1.81 bits per heavy atom. The number of nitrogens with zero attached hydrogens (tertiary/aromatic N) is 1. The summed E-state index contributed by atoms with van der Waals surface area (Å²) in [5.74, 6) is 0.738. The third kappa shape index (κ3) is 4.73. The van der Waals surface area contributed by atoms with Crippen LogP contribution in [0.5, 0.6) is 5.75 Å². The van der Waals surface area contributed by atoms with Crippen molar-refractivity contribution in [3.63, 3.8) is 0 Å². The summed E-state index contributed by atoms with van der Waals surface area (Å²) >= 11 is 0. The number of carbonyl (C=O) groups is 1. The van der Waals surface area contributed by atoms with Crippen LogP contribution in [-0.2, 0) is 14.8 Å². The van der Waals surface area contributed by atoms with Gasteiger partial charge in [-0.2, -0.15) is 0 Å². The maximum atomic E-state index is 12.8. The Labute approximate surface area is 182 Å². The number of likely N-dealkylation sites (tertiary alicyclic amines) is 1. The number of carbonyl (C=O) groups excluding carboxylic acids is 1. The number of methoxy groups -OCH3 is 1. The van der Waals surface area contributed by atoms with Crippen molar-refractivity contribution in [3.8, 4) is 5.75 Å². The smallest absolute Gasteiger partial charge is 0.240 e. The van der Waals surface area contributed by atoms with Crippen molar-refractivity contribution in [2.75, 3.05) is 20.2 Å². The molecule has 1 N–H and O–H groups in total. The predicted octanol–water partition coefficient (Wildman–Crippen LogP) is 3.88. The average Bonchev–Trinajstić information content (AvgIpc) is 3.29. The lowest BCUT2D eigenvalue weighted by Crippen LogP contribution is -2.34. The van der Waals surface area contributed by atoms with Gasteiger partial charge in [0, 0.05) is 19.5 Å². The molecule has 0 radical (unpaired) electrons. The summed E-state index contributed by atoms with van der Waals surface area (Å²) in [5, 5.41) is 1.84. The molecule has 1 saturated heterocycles. The van der Waals surface area contributed by atoms with Crippen molar-refractivity contribution >= 4 is 26.7 Å². The zero-order chi connectivity index (χ0) is 21.8. The average molecular weight is 439 g/mol. The third-order valence-electron chi connectivity index (χ3n) is 5.74. The normalized spacial score (nSPS) is 16.5. The molecule has 3 aromatic carbocycles. The quantitative estimate of drug-likeness (QED) is 0.607. The van der Waals surface area contributed by atoms with Gasteiger partial charge in [-0.1, -0.05) is 42.5 Å². The molecule has 0 saturated carbocycles. The van der Waals surface area contributed by atoms with Gasteiger partial charge < -0.3 is 9.64 Å². The molecule has 1 atom stereocenters. The second-order valence-electron chi connectivity index (χ2n) is 7.68. The number of nitrogens with one attached hydrogen (secondary N) is 1. The van der Waals surface area contributed by atoms with E-state index in [1.807, 2.05) is 53.4 Å². The number of fused-ring (bicyclic) bond motifs is 1. The summed E-state index contributed by atoms with van der Waals surface area (Å²) < 4.78 is 33.1. The SMILES string of the molecule is COc1ccc(C2CCCN2C(=O)CCNS(=O)(=O)c2ccc3ccccc3c2)cc1. The number of rotatable bonds is 7. The molecular formula is C24H26N2O4S. The summed E-state index contributed by atoms with van der Waals surface area (Å²) in [5.41, 5.74) is 1.07. The molecule has 0 aromatic heterocycles. The maximum Gasteiger partial charge on any atom is 0.240 e. The summed E-state index contributed by atoms with van der Waals surface area (Å²) in [6.07, 6.45) is 1.96. The number of benzene rings is 3. The van der Waals surface area contributed by atoms with Gasteiger partial charge >= 0.3 is 0 Å². The second kappa shape index (κ2) is 9.08. The lowest BCUT2D eigenvalue weighted by molar-refractivity contribution is -0.131. The second-order valence-corrected chi connectivity index (χ2v) is 9.44. The Morgan fingerprint density at radius 3 is 2.55 bits per heavy atom. The number of hydrogen-bond acceptors (Lipinski definition) is 4. The molecule has 1 amide bonds. The third-order valence-corrected chi connectivity index (χ3v) is 7.19. The summed E-state index contributed by atoms with van der Waals surface area (Å²) in [6, 6.07) is 20.4. The van der Waals surface area contributed by atoms with E-state index in [4.69, 9.17) is 4.74 Å². The molecule has 1 aliphatic heterocycles. The highest BCUT2D eigenvalue weighted by atomic mass is 32.2. The molecule has 7 heteroatoms. The lowest BCUT2D eigenvalue weighted by atomic mass is 10.0. The Balaban J connectivity index is 1.38. The van der Waals surface area contributed by atoms with Gasteiger partial charge in [-0.25, -0.2) is 13.1 Å². The molecule has 0 aliphatic carbocycles. The van der Waals surface area contributed by atoms with Crippen molar-refractivity contribution in [2.24, 2.45) is 0 Å². The first-order valence-corrected chi connectivity index (χ1v) is 11.9. The van der Waals surface area contributed by atoms with E-state index in [1.54, 1.807) is 25.3 Å². The van der Waals surface area contributed by atoms with Crippen LogP contribution in [0.3, 0.4) is 0 Å². The molecule has 3 aromatic rings. The van der Waals surface area contributed by atoms with E-state index in [0.717, 1.165) is 34.9 Å². The molecule has 31 heavy (non-hydrogen) atoms. The van der Waals surface area contributed by atoms with E-state index in [9.17, 15) is 13.2 Å². The van der Waals surface area contributed by atoms with Crippen LogP contribution < -0.4 is 9.46 Å². The van der Waals surface area contributed by atoms with Crippen LogP contribution in [-0.4, -0.2) is 39.4 Å². The molecular weight excluding hydrogens is 412 g/mol. The number of hydrogen-bond donors (Lipinski definition) is 1. The van der Waals surface area contributed by atoms with Crippen LogP contribution in [0.4, 0.5) is 0 Å². The summed E-state index contributed by atoms with van der Waals surface area (Å²) in [7, 11) is -2.05. The molecule has 1 heterocycles. The first-order valence-electron chi connectivity index (χ1n) is 10.4. The highest BCUT2D eigenvalue weighted by Crippen LogP contribution is 2.33. The fourth-order valence-corrected chi connectivity index (χ4v) is 5.16. The topological polar surface area (TPSA) is 75.7 Å². The molecule has 1 aliphatic rings. The van der Waals surface area contributed by atoms with Crippen molar-refractivity contribution < 1.29 is 17.9 Å². The van der Waals surface area contributed by atoms with E-state index < -0.39 is 10.0 Å². The number of amides is 1. The fraction of sp³-hybridized carbons (Fsp3) is 0.292. The van der Waals surface area contributed by atoms with Crippen molar-refractivity contribution in [3.05, 3.63) is 72.3 Å². The Hall–Kier alpha value is -2.90. The van der Waals surface area contributed by atoms with Crippen molar-refractivity contribution in [1.29, 1.82) is 0 Å². The van der Waals surface area contributed by atoms with Gasteiger partial charge in [0.05, 0.1) is 18.0 Å². The minimum Gasteiger partial charge on any atom is -0.497 e. The lowest BCUT2D eigenvalue weighted by Gasteiger charge is -2.25. The Morgan fingerprint density at radius 1 is 1.06 bits per heavy atom. The molecule has 6 nitrogen and oxygen atoms in total. The molecule has 1 fully saturated rings. The molecule has 1 unspecified atom stereocenters.